The molecule has 1 aliphatic heterocycles. The number of anilines is 2. The normalized spacial score (nSPS) is 17.9. The fourth-order valence-electron chi connectivity index (χ4n) is 3.32. The van der Waals surface area contributed by atoms with E-state index in [0.29, 0.717) is 12.6 Å². The van der Waals surface area contributed by atoms with E-state index in [1.807, 2.05) is 30.3 Å². The molecule has 1 saturated heterocycles. The van der Waals surface area contributed by atoms with Gasteiger partial charge in [-0.25, -0.2) is 0 Å². The molecule has 2 N–H and O–H groups in total. The van der Waals surface area contributed by atoms with Crippen LogP contribution in [0.25, 0.3) is 0 Å². The highest BCUT2D eigenvalue weighted by Crippen LogP contribution is 2.23. The van der Waals surface area contributed by atoms with Crippen LogP contribution in [0, 0.1) is 0 Å². The van der Waals surface area contributed by atoms with Crippen LogP contribution in [0.1, 0.15) is 32.8 Å². The molecule has 0 aromatic heterocycles. The van der Waals surface area contributed by atoms with Crippen molar-refractivity contribution in [2.45, 2.75) is 38.6 Å². The molecule has 0 spiro atoms. The van der Waals surface area contributed by atoms with E-state index in [9.17, 15) is 4.79 Å². The van der Waals surface area contributed by atoms with Gasteiger partial charge in [-0.3, -0.25) is 9.69 Å². The molecule has 1 amide bonds. The Morgan fingerprint density at radius 1 is 1.04 bits per heavy atom. The van der Waals surface area contributed by atoms with Crippen LogP contribution in [-0.2, 0) is 10.2 Å². The fraction of sp³-hybridized carbons (Fsp3) is 0.409. The molecule has 1 fully saturated rings. The van der Waals surface area contributed by atoms with Crippen LogP contribution in [0.4, 0.5) is 11.4 Å². The molecule has 0 radical (unpaired) electrons. The lowest BCUT2D eigenvalue weighted by atomic mass is 9.87. The fourth-order valence-corrected chi connectivity index (χ4v) is 3.32. The van der Waals surface area contributed by atoms with Gasteiger partial charge in [-0.05, 0) is 41.7 Å². The van der Waals surface area contributed by atoms with Crippen LogP contribution in [-0.4, -0.2) is 36.5 Å². The Morgan fingerprint density at radius 2 is 1.73 bits per heavy atom. The minimum absolute atomic E-state index is 0.0499. The van der Waals surface area contributed by atoms with Gasteiger partial charge in [0.05, 0.1) is 6.54 Å². The van der Waals surface area contributed by atoms with Crippen LogP contribution in [0.2, 0.25) is 0 Å². The average molecular weight is 351 g/mol. The Hall–Kier alpha value is -2.33. The number of hydrogen-bond donors (Lipinski definition) is 2. The number of rotatable bonds is 5. The molecule has 0 unspecified atom stereocenters. The summed E-state index contributed by atoms with van der Waals surface area (Å²) in [6, 6.07) is 18.8. The Kier molecular flexibility index (Phi) is 5.62. The van der Waals surface area contributed by atoms with Crippen LogP contribution in [0.5, 0.6) is 0 Å². The minimum atomic E-state index is 0.0499. The van der Waals surface area contributed by atoms with Gasteiger partial charge < -0.3 is 10.6 Å². The molecule has 1 atom stereocenters. The molecule has 138 valence electrons. The zero-order valence-electron chi connectivity index (χ0n) is 16.0. The van der Waals surface area contributed by atoms with Gasteiger partial charge >= 0.3 is 0 Å². The molecule has 4 nitrogen and oxygen atoms in total. The van der Waals surface area contributed by atoms with Gasteiger partial charge in [-0.2, -0.15) is 0 Å². The lowest BCUT2D eigenvalue weighted by molar-refractivity contribution is -0.117. The summed E-state index contributed by atoms with van der Waals surface area (Å²) >= 11 is 0. The molecular formula is C22H29N3O. The number of benzene rings is 2. The maximum Gasteiger partial charge on any atom is 0.238 e. The molecule has 0 saturated carbocycles. The third-order valence-electron chi connectivity index (χ3n) is 4.82. The quantitative estimate of drug-likeness (QED) is 0.852. The summed E-state index contributed by atoms with van der Waals surface area (Å²) in [5.74, 6) is 0.0499. The predicted molar refractivity (Wildman–Crippen MR) is 109 cm³/mol. The second-order valence-electron chi connectivity index (χ2n) is 8.11. The predicted octanol–water partition coefficient (Wildman–Crippen LogP) is 4.11. The number of nitrogens with one attached hydrogen (secondary N) is 2. The van der Waals surface area contributed by atoms with E-state index in [0.717, 1.165) is 30.9 Å². The van der Waals surface area contributed by atoms with Crippen molar-refractivity contribution < 1.29 is 4.79 Å². The van der Waals surface area contributed by atoms with E-state index in [-0.39, 0.29) is 11.3 Å². The Labute approximate surface area is 156 Å². The SMILES string of the molecule is CC(C)(C)c1ccc(NC(=O)CN2CC[C@@H](Nc3ccccc3)C2)cc1. The van der Waals surface area contributed by atoms with E-state index in [2.05, 4.69) is 60.6 Å². The maximum atomic E-state index is 12.3. The summed E-state index contributed by atoms with van der Waals surface area (Å²) in [5, 5.41) is 6.55. The number of nitrogens with zero attached hydrogens (tertiary/aromatic N) is 1. The highest BCUT2D eigenvalue weighted by atomic mass is 16.2. The standard InChI is InChI=1S/C22H29N3O/c1-22(2,3)17-9-11-19(12-10-17)24-21(26)16-25-14-13-20(15-25)23-18-7-5-4-6-8-18/h4-12,20,23H,13-16H2,1-3H3,(H,24,26)/t20-/m1/s1. The van der Waals surface area contributed by atoms with Crippen LogP contribution in [0.3, 0.4) is 0 Å². The van der Waals surface area contributed by atoms with Gasteiger partial charge in [-0.15, -0.1) is 0 Å². The van der Waals surface area contributed by atoms with E-state index in [1.165, 1.54) is 5.56 Å². The summed E-state index contributed by atoms with van der Waals surface area (Å²) in [6.07, 6.45) is 1.06. The van der Waals surface area contributed by atoms with E-state index < -0.39 is 0 Å². The molecule has 0 bridgehead atoms. The molecule has 1 heterocycles. The van der Waals surface area contributed by atoms with Crippen LogP contribution < -0.4 is 10.6 Å². The first kappa shape index (κ1) is 18.5. The highest BCUT2D eigenvalue weighted by Gasteiger charge is 2.24. The maximum absolute atomic E-state index is 12.3. The molecule has 4 heteroatoms. The second kappa shape index (κ2) is 7.92. The monoisotopic (exact) mass is 351 g/mol. The smallest absolute Gasteiger partial charge is 0.238 e. The van der Waals surface area contributed by atoms with Gasteiger partial charge in [0.15, 0.2) is 0 Å². The molecule has 2 aromatic carbocycles. The van der Waals surface area contributed by atoms with Gasteiger partial charge in [0.2, 0.25) is 5.91 Å². The van der Waals surface area contributed by atoms with Crippen molar-refractivity contribution in [3.8, 4) is 0 Å². The van der Waals surface area contributed by atoms with Crippen molar-refractivity contribution in [1.82, 2.24) is 4.90 Å². The third kappa shape index (κ3) is 5.09. The zero-order chi connectivity index (χ0) is 18.6. The van der Waals surface area contributed by atoms with Crippen molar-refractivity contribution in [3.05, 3.63) is 60.2 Å². The highest BCUT2D eigenvalue weighted by molar-refractivity contribution is 5.92. The minimum Gasteiger partial charge on any atom is -0.381 e. The summed E-state index contributed by atoms with van der Waals surface area (Å²) in [7, 11) is 0. The number of hydrogen-bond acceptors (Lipinski definition) is 3. The number of carbonyl (C=O) groups is 1. The lowest BCUT2D eigenvalue weighted by Gasteiger charge is -2.20. The van der Waals surface area contributed by atoms with Crippen molar-refractivity contribution in [3.63, 3.8) is 0 Å². The van der Waals surface area contributed by atoms with Gasteiger partial charge in [0, 0.05) is 30.5 Å². The molecule has 3 rings (SSSR count). The Balaban J connectivity index is 1.47. The second-order valence-corrected chi connectivity index (χ2v) is 8.11. The third-order valence-corrected chi connectivity index (χ3v) is 4.82. The molecule has 2 aromatic rings. The molecular weight excluding hydrogens is 322 g/mol. The molecule has 1 aliphatic rings. The van der Waals surface area contributed by atoms with Crippen molar-refractivity contribution in [2.75, 3.05) is 30.3 Å². The lowest BCUT2D eigenvalue weighted by Crippen LogP contribution is -2.33. The largest absolute Gasteiger partial charge is 0.381 e. The van der Waals surface area contributed by atoms with Crippen molar-refractivity contribution >= 4 is 17.3 Å². The summed E-state index contributed by atoms with van der Waals surface area (Å²) in [6.45, 7) is 8.84. The van der Waals surface area contributed by atoms with Crippen molar-refractivity contribution in [1.29, 1.82) is 0 Å². The van der Waals surface area contributed by atoms with E-state index in [1.54, 1.807) is 0 Å². The average Bonchev–Trinajstić information content (AvgIpc) is 3.02. The van der Waals surface area contributed by atoms with E-state index in [4.69, 9.17) is 0 Å². The zero-order valence-corrected chi connectivity index (χ0v) is 16.0. The van der Waals surface area contributed by atoms with Crippen LogP contribution in [0.15, 0.2) is 54.6 Å². The number of carbonyl (C=O) groups excluding carboxylic acids is 1. The number of amides is 1. The number of likely N-dealkylation sites (tertiary alicyclic amines) is 1. The first-order valence-corrected chi connectivity index (χ1v) is 9.34. The molecule has 26 heavy (non-hydrogen) atoms. The van der Waals surface area contributed by atoms with Gasteiger partial charge in [0.25, 0.3) is 0 Å². The first-order valence-electron chi connectivity index (χ1n) is 9.34. The number of para-hydroxylation sites is 1. The van der Waals surface area contributed by atoms with Crippen molar-refractivity contribution in [2.24, 2.45) is 0 Å². The topological polar surface area (TPSA) is 44.4 Å². The van der Waals surface area contributed by atoms with Gasteiger partial charge in [0.1, 0.15) is 0 Å². The molecule has 0 aliphatic carbocycles. The summed E-state index contributed by atoms with van der Waals surface area (Å²) in [4.78, 5) is 14.5. The first-order chi connectivity index (χ1) is 12.4. The Morgan fingerprint density at radius 3 is 2.38 bits per heavy atom. The summed E-state index contributed by atoms with van der Waals surface area (Å²) in [5.41, 5.74) is 3.40. The van der Waals surface area contributed by atoms with Gasteiger partial charge in [-0.1, -0.05) is 51.1 Å². The summed E-state index contributed by atoms with van der Waals surface area (Å²) < 4.78 is 0. The van der Waals surface area contributed by atoms with Crippen LogP contribution >= 0.6 is 0 Å². The Bertz CT molecular complexity index is 719. The van der Waals surface area contributed by atoms with E-state index >= 15 is 0 Å².